The van der Waals surface area contributed by atoms with E-state index in [1.807, 2.05) is 0 Å². The number of carbonyl (C=O) groups excluding carboxylic acids is 1. The average molecular weight is 314 g/mol. The molecular weight excluding hydrogens is 302 g/mol. The Labute approximate surface area is 121 Å². The summed E-state index contributed by atoms with van der Waals surface area (Å²) in [7, 11) is -1.50. The van der Waals surface area contributed by atoms with Gasteiger partial charge in [0.25, 0.3) is 0 Å². The van der Waals surface area contributed by atoms with Crippen LogP contribution in [0.25, 0.3) is 0 Å². The number of hydrogen-bond acceptors (Lipinski definition) is 4. The van der Waals surface area contributed by atoms with Crippen LogP contribution >= 0.6 is 0 Å². The third-order valence-corrected chi connectivity index (χ3v) is 3.68. The van der Waals surface area contributed by atoms with Crippen molar-refractivity contribution in [1.29, 1.82) is 0 Å². The van der Waals surface area contributed by atoms with Crippen LogP contribution in [-0.4, -0.2) is 21.0 Å². The molecule has 0 aliphatic heterocycles. The van der Waals surface area contributed by atoms with Gasteiger partial charge in [-0.05, 0) is 19.1 Å². The lowest BCUT2D eigenvalue weighted by molar-refractivity contribution is -0.113. The fourth-order valence-corrected chi connectivity index (χ4v) is 2.56. The van der Waals surface area contributed by atoms with Crippen LogP contribution in [0.15, 0.2) is 28.8 Å². The fourth-order valence-electron chi connectivity index (χ4n) is 1.63. The van der Waals surface area contributed by atoms with E-state index in [9.17, 15) is 17.8 Å². The molecule has 2 aromatic rings. The average Bonchev–Trinajstić information content (AvgIpc) is 2.78. The number of hydrogen-bond donors (Lipinski definition) is 1. The quantitative estimate of drug-likeness (QED) is 0.918. The Morgan fingerprint density at radius 3 is 2.76 bits per heavy atom. The lowest BCUT2D eigenvalue weighted by atomic mass is 10.3. The fraction of sp³-hybridized carbons (Fsp3) is 0.231. The third kappa shape index (κ3) is 4.45. The van der Waals surface area contributed by atoms with E-state index in [0.29, 0.717) is 17.5 Å². The molecule has 0 bridgehead atoms. The monoisotopic (exact) mass is 314 g/mol. The smallest absolute Gasteiger partial charge is 0.237 e. The van der Waals surface area contributed by atoms with Gasteiger partial charge in [0.1, 0.15) is 23.1 Å². The van der Waals surface area contributed by atoms with Crippen molar-refractivity contribution in [2.45, 2.75) is 12.7 Å². The highest BCUT2D eigenvalue weighted by Crippen LogP contribution is 2.15. The molecule has 1 aromatic carbocycles. The first kappa shape index (κ1) is 15.3. The molecule has 0 spiro atoms. The van der Waals surface area contributed by atoms with Crippen molar-refractivity contribution in [3.63, 3.8) is 0 Å². The van der Waals surface area contributed by atoms with Gasteiger partial charge in [-0.2, -0.15) is 0 Å². The Hall–Kier alpha value is -2.09. The first-order chi connectivity index (χ1) is 9.94. The minimum absolute atomic E-state index is 0.0661. The minimum atomic E-state index is -1.50. The zero-order chi connectivity index (χ0) is 15.4. The molecule has 0 unspecified atom stereocenters. The number of aromatic nitrogens is 1. The summed E-state index contributed by atoms with van der Waals surface area (Å²) in [6.45, 7) is 1.70. The summed E-state index contributed by atoms with van der Waals surface area (Å²) in [4.78, 5) is 11.6. The molecule has 1 N–H and O–H groups in total. The second-order valence-electron chi connectivity index (χ2n) is 4.33. The zero-order valence-electron chi connectivity index (χ0n) is 11.1. The van der Waals surface area contributed by atoms with Crippen molar-refractivity contribution < 1.29 is 22.3 Å². The zero-order valence-corrected chi connectivity index (χ0v) is 11.9. The van der Waals surface area contributed by atoms with Gasteiger partial charge < -0.3 is 9.84 Å². The highest BCUT2D eigenvalue weighted by molar-refractivity contribution is 7.84. The van der Waals surface area contributed by atoms with Gasteiger partial charge in [0.2, 0.25) is 5.91 Å². The molecule has 1 atom stereocenters. The third-order valence-electron chi connectivity index (χ3n) is 2.48. The van der Waals surface area contributed by atoms with Crippen molar-refractivity contribution in [2.24, 2.45) is 0 Å². The van der Waals surface area contributed by atoms with E-state index in [0.717, 1.165) is 12.1 Å². The first-order valence-electron chi connectivity index (χ1n) is 5.96. The van der Waals surface area contributed by atoms with Crippen LogP contribution in [0.1, 0.15) is 11.5 Å². The van der Waals surface area contributed by atoms with E-state index >= 15 is 0 Å². The molecular formula is C13H12F2N2O3S. The summed E-state index contributed by atoms with van der Waals surface area (Å²) in [6, 6.07) is 4.40. The van der Waals surface area contributed by atoms with E-state index in [2.05, 4.69) is 10.5 Å². The SMILES string of the molecule is Cc1cc(C[S@@](=O)CC(=O)Nc2ccc(F)cc2F)no1. The summed E-state index contributed by atoms with van der Waals surface area (Å²) >= 11 is 0. The normalized spacial score (nSPS) is 12.1. The summed E-state index contributed by atoms with van der Waals surface area (Å²) in [6.07, 6.45) is 0. The molecule has 112 valence electrons. The lowest BCUT2D eigenvalue weighted by Crippen LogP contribution is -2.21. The number of amides is 1. The lowest BCUT2D eigenvalue weighted by Gasteiger charge is -2.06. The number of rotatable bonds is 5. The van der Waals surface area contributed by atoms with Gasteiger partial charge in [0.05, 0.1) is 17.1 Å². The Bertz CT molecular complexity index is 688. The predicted octanol–water partition coefficient (Wildman–Crippen LogP) is 2.15. The Kier molecular flexibility index (Phi) is 4.79. The number of anilines is 1. The first-order valence-corrected chi connectivity index (χ1v) is 7.45. The number of carbonyl (C=O) groups is 1. The van der Waals surface area contributed by atoms with Gasteiger partial charge in [0, 0.05) is 22.9 Å². The van der Waals surface area contributed by atoms with Gasteiger partial charge in [-0.3, -0.25) is 9.00 Å². The number of benzene rings is 1. The Morgan fingerprint density at radius 2 is 2.14 bits per heavy atom. The minimum Gasteiger partial charge on any atom is -0.361 e. The predicted molar refractivity (Wildman–Crippen MR) is 72.9 cm³/mol. The maximum absolute atomic E-state index is 13.3. The molecule has 8 heteroatoms. The molecule has 0 aliphatic carbocycles. The summed E-state index contributed by atoms with van der Waals surface area (Å²) < 4.78 is 42.7. The molecule has 1 aromatic heterocycles. The van der Waals surface area contributed by atoms with Crippen LogP contribution in [0.3, 0.4) is 0 Å². The molecule has 0 fully saturated rings. The van der Waals surface area contributed by atoms with Crippen molar-refractivity contribution >= 4 is 22.4 Å². The molecule has 0 saturated heterocycles. The Balaban J connectivity index is 1.90. The number of halogens is 2. The molecule has 0 radical (unpaired) electrons. The van der Waals surface area contributed by atoms with Gasteiger partial charge in [0.15, 0.2) is 0 Å². The van der Waals surface area contributed by atoms with E-state index in [4.69, 9.17) is 4.52 Å². The van der Waals surface area contributed by atoms with E-state index in [-0.39, 0.29) is 17.2 Å². The highest BCUT2D eigenvalue weighted by atomic mass is 32.2. The molecule has 21 heavy (non-hydrogen) atoms. The molecule has 5 nitrogen and oxygen atoms in total. The van der Waals surface area contributed by atoms with Gasteiger partial charge in [-0.1, -0.05) is 5.16 Å². The van der Waals surface area contributed by atoms with Crippen LogP contribution in [0, 0.1) is 18.6 Å². The van der Waals surface area contributed by atoms with Gasteiger partial charge >= 0.3 is 0 Å². The second-order valence-corrected chi connectivity index (χ2v) is 5.79. The second kappa shape index (κ2) is 6.57. The number of nitrogens with one attached hydrogen (secondary N) is 1. The summed E-state index contributed by atoms with van der Waals surface area (Å²) in [5, 5.41) is 5.91. The number of nitrogens with zero attached hydrogens (tertiary/aromatic N) is 1. The van der Waals surface area contributed by atoms with Crippen molar-refractivity contribution in [3.05, 3.63) is 47.4 Å². The molecule has 2 rings (SSSR count). The summed E-state index contributed by atoms with van der Waals surface area (Å²) in [5.74, 6) is -1.92. The van der Waals surface area contributed by atoms with E-state index in [1.165, 1.54) is 0 Å². The van der Waals surface area contributed by atoms with Crippen molar-refractivity contribution in [3.8, 4) is 0 Å². The van der Waals surface area contributed by atoms with Crippen LogP contribution in [0.2, 0.25) is 0 Å². The highest BCUT2D eigenvalue weighted by Gasteiger charge is 2.13. The van der Waals surface area contributed by atoms with Crippen LogP contribution in [0.4, 0.5) is 14.5 Å². The summed E-state index contributed by atoms with van der Waals surface area (Å²) in [5.41, 5.74) is 0.322. The number of aryl methyl sites for hydroxylation is 1. The molecule has 1 amide bonds. The van der Waals surface area contributed by atoms with E-state index in [1.54, 1.807) is 13.0 Å². The maximum Gasteiger partial charge on any atom is 0.237 e. The van der Waals surface area contributed by atoms with Gasteiger partial charge in [-0.15, -0.1) is 0 Å². The van der Waals surface area contributed by atoms with E-state index < -0.39 is 28.3 Å². The maximum atomic E-state index is 13.3. The largest absolute Gasteiger partial charge is 0.361 e. The van der Waals surface area contributed by atoms with Gasteiger partial charge in [-0.25, -0.2) is 8.78 Å². The van der Waals surface area contributed by atoms with Crippen LogP contribution < -0.4 is 5.32 Å². The standard InChI is InChI=1S/C13H12F2N2O3S/c1-8-4-10(17-20-8)6-21(19)7-13(18)16-12-3-2-9(14)5-11(12)15/h2-5H,6-7H2,1H3,(H,16,18)/t21-/m1/s1. The van der Waals surface area contributed by atoms with Crippen molar-refractivity contribution in [1.82, 2.24) is 5.16 Å². The Morgan fingerprint density at radius 1 is 1.38 bits per heavy atom. The topological polar surface area (TPSA) is 72.2 Å². The van der Waals surface area contributed by atoms with Crippen LogP contribution in [-0.2, 0) is 21.3 Å². The molecule has 0 aliphatic rings. The molecule has 0 saturated carbocycles. The molecule has 1 heterocycles. The van der Waals surface area contributed by atoms with Crippen LogP contribution in [0.5, 0.6) is 0 Å². The van der Waals surface area contributed by atoms with Crippen molar-refractivity contribution in [2.75, 3.05) is 11.1 Å².